The lowest BCUT2D eigenvalue weighted by Gasteiger charge is -2.03. The molecule has 24 heavy (non-hydrogen) atoms. The van der Waals surface area contributed by atoms with E-state index in [1.807, 2.05) is 30.3 Å². The van der Waals surface area contributed by atoms with Crippen molar-refractivity contribution < 1.29 is 4.79 Å². The molecule has 0 saturated carbocycles. The topological polar surface area (TPSA) is 41.8 Å². The first-order chi connectivity index (χ1) is 11.7. The maximum atomic E-state index is 12.1. The van der Waals surface area contributed by atoms with Crippen LogP contribution in [-0.4, -0.2) is 22.3 Å². The fraction of sp³-hybridized carbons (Fsp3) is 0.250. The first-order valence-corrected chi connectivity index (χ1v) is 9.14. The van der Waals surface area contributed by atoms with Gasteiger partial charge < -0.3 is 0 Å². The van der Waals surface area contributed by atoms with Crippen LogP contribution in [0.5, 0.6) is 0 Å². The third kappa shape index (κ3) is 4.42. The molecule has 0 fully saturated rings. The molecule has 0 aliphatic carbocycles. The zero-order chi connectivity index (χ0) is 16.8. The second kappa shape index (κ2) is 8.06. The Morgan fingerprint density at radius 1 is 1.00 bits per heavy atom. The van der Waals surface area contributed by atoms with Crippen LogP contribution in [0, 0.1) is 0 Å². The van der Waals surface area contributed by atoms with Gasteiger partial charge in [0.2, 0.25) is 0 Å². The number of ketones is 1. The number of carbonyl (C=O) groups excluding carboxylic acids is 1. The summed E-state index contributed by atoms with van der Waals surface area (Å²) in [5.41, 5.74) is 4.47. The average Bonchev–Trinajstić information content (AvgIpc) is 3.10. The fourth-order valence-corrected chi connectivity index (χ4v) is 3.31. The summed E-state index contributed by atoms with van der Waals surface area (Å²) in [6, 6.07) is 18.3. The largest absolute Gasteiger partial charge is 0.298 e. The van der Waals surface area contributed by atoms with Crippen molar-refractivity contribution in [2.45, 2.75) is 26.2 Å². The van der Waals surface area contributed by atoms with Crippen LogP contribution in [0.15, 0.2) is 64.8 Å². The molecule has 3 rings (SSSR count). The maximum Gasteiger partial charge on any atom is 0.147 e. The summed E-state index contributed by atoms with van der Waals surface area (Å²) >= 11 is 1.50. The van der Waals surface area contributed by atoms with Crippen molar-refractivity contribution in [1.29, 1.82) is 0 Å². The molecule has 2 aromatic carbocycles. The van der Waals surface area contributed by atoms with Crippen molar-refractivity contribution in [3.8, 4) is 0 Å². The second-order valence-electron chi connectivity index (χ2n) is 5.76. The number of rotatable bonds is 6. The SMILES string of the molecule is CCc1ccc(C2=NN=C(SCC(=O)Cc3ccccc3)C2)cc1. The summed E-state index contributed by atoms with van der Waals surface area (Å²) in [5.74, 6) is 0.667. The first-order valence-electron chi connectivity index (χ1n) is 8.15. The van der Waals surface area contributed by atoms with E-state index in [-0.39, 0.29) is 5.78 Å². The van der Waals surface area contributed by atoms with Crippen LogP contribution in [0.2, 0.25) is 0 Å². The standard InChI is InChI=1S/C20H20N2OS/c1-2-15-8-10-17(11-9-15)19-13-20(22-21-19)24-14-18(23)12-16-6-4-3-5-7-16/h3-11H,2,12-14H2,1H3. The molecule has 1 aliphatic rings. The third-order valence-corrected chi connectivity index (χ3v) is 4.97. The van der Waals surface area contributed by atoms with Crippen LogP contribution in [0.4, 0.5) is 0 Å². The van der Waals surface area contributed by atoms with E-state index in [9.17, 15) is 4.79 Å². The Balaban J connectivity index is 1.47. The highest BCUT2D eigenvalue weighted by atomic mass is 32.2. The van der Waals surface area contributed by atoms with Gasteiger partial charge in [-0.1, -0.05) is 61.5 Å². The smallest absolute Gasteiger partial charge is 0.147 e. The molecule has 0 amide bonds. The predicted molar refractivity (Wildman–Crippen MR) is 102 cm³/mol. The number of benzene rings is 2. The van der Waals surface area contributed by atoms with Crippen LogP contribution in [0.3, 0.4) is 0 Å². The van der Waals surface area contributed by atoms with Gasteiger partial charge in [-0.2, -0.15) is 5.10 Å². The van der Waals surface area contributed by atoms with Gasteiger partial charge in [0, 0.05) is 12.8 Å². The lowest BCUT2D eigenvalue weighted by molar-refractivity contribution is -0.115. The van der Waals surface area contributed by atoms with Gasteiger partial charge >= 0.3 is 0 Å². The van der Waals surface area contributed by atoms with Crippen LogP contribution >= 0.6 is 11.8 Å². The van der Waals surface area contributed by atoms with Crippen molar-refractivity contribution in [2.24, 2.45) is 10.2 Å². The van der Waals surface area contributed by atoms with Gasteiger partial charge in [-0.3, -0.25) is 4.79 Å². The van der Waals surface area contributed by atoms with E-state index in [0.29, 0.717) is 12.2 Å². The van der Waals surface area contributed by atoms with Crippen LogP contribution in [0.25, 0.3) is 0 Å². The number of Topliss-reactive ketones (excluding diaryl/α,β-unsaturated/α-hetero) is 1. The zero-order valence-corrected chi connectivity index (χ0v) is 14.6. The number of aryl methyl sites for hydroxylation is 1. The molecule has 0 saturated heterocycles. The molecule has 0 unspecified atom stereocenters. The summed E-state index contributed by atoms with van der Waals surface area (Å²) in [6.45, 7) is 2.15. The quantitative estimate of drug-likeness (QED) is 0.789. The molecule has 4 heteroatoms. The Bertz CT molecular complexity index is 764. The number of hydrogen-bond acceptors (Lipinski definition) is 4. The molecule has 0 aromatic heterocycles. The molecule has 1 aliphatic heterocycles. The molecule has 0 bridgehead atoms. The van der Waals surface area contributed by atoms with Crippen molar-refractivity contribution >= 4 is 28.3 Å². The van der Waals surface area contributed by atoms with E-state index in [1.54, 1.807) is 0 Å². The van der Waals surface area contributed by atoms with Crippen LogP contribution < -0.4 is 0 Å². The molecule has 122 valence electrons. The second-order valence-corrected chi connectivity index (χ2v) is 6.81. The lowest BCUT2D eigenvalue weighted by atomic mass is 10.1. The summed E-state index contributed by atoms with van der Waals surface area (Å²) in [7, 11) is 0. The van der Waals surface area contributed by atoms with E-state index in [1.165, 1.54) is 17.3 Å². The third-order valence-electron chi connectivity index (χ3n) is 3.94. The van der Waals surface area contributed by atoms with Gasteiger partial charge in [-0.15, -0.1) is 16.9 Å². The van der Waals surface area contributed by atoms with Crippen molar-refractivity contribution in [1.82, 2.24) is 0 Å². The highest BCUT2D eigenvalue weighted by molar-refractivity contribution is 8.14. The zero-order valence-electron chi connectivity index (χ0n) is 13.7. The van der Waals surface area contributed by atoms with Gasteiger partial charge in [0.05, 0.1) is 11.5 Å². The monoisotopic (exact) mass is 336 g/mol. The summed E-state index contributed by atoms with van der Waals surface area (Å²) in [5, 5.41) is 9.43. The molecule has 0 spiro atoms. The van der Waals surface area contributed by atoms with Crippen molar-refractivity contribution in [3.63, 3.8) is 0 Å². The number of carbonyl (C=O) groups is 1. The van der Waals surface area contributed by atoms with Crippen molar-refractivity contribution in [2.75, 3.05) is 5.75 Å². The minimum Gasteiger partial charge on any atom is -0.298 e. The maximum absolute atomic E-state index is 12.1. The van der Waals surface area contributed by atoms with Gasteiger partial charge in [0.1, 0.15) is 10.8 Å². The normalized spacial score (nSPS) is 13.5. The van der Waals surface area contributed by atoms with E-state index in [0.717, 1.165) is 34.7 Å². The van der Waals surface area contributed by atoms with Gasteiger partial charge in [-0.05, 0) is 23.1 Å². The van der Waals surface area contributed by atoms with E-state index < -0.39 is 0 Å². The molecular weight excluding hydrogens is 316 g/mol. The van der Waals surface area contributed by atoms with Gasteiger partial charge in [0.25, 0.3) is 0 Å². The van der Waals surface area contributed by atoms with E-state index >= 15 is 0 Å². The molecule has 2 aromatic rings. The molecule has 1 heterocycles. The van der Waals surface area contributed by atoms with E-state index in [4.69, 9.17) is 0 Å². The predicted octanol–water partition coefficient (Wildman–Crippen LogP) is 4.30. The Morgan fingerprint density at radius 2 is 1.75 bits per heavy atom. The van der Waals surface area contributed by atoms with Crippen LogP contribution in [-0.2, 0) is 17.6 Å². The molecular formula is C20H20N2OS. The minimum absolute atomic E-state index is 0.217. The average molecular weight is 336 g/mol. The number of nitrogens with zero attached hydrogens (tertiary/aromatic N) is 2. The van der Waals surface area contributed by atoms with E-state index in [2.05, 4.69) is 41.4 Å². The Labute approximate surface area is 146 Å². The summed E-state index contributed by atoms with van der Waals surface area (Å²) in [4.78, 5) is 12.1. The van der Waals surface area contributed by atoms with Gasteiger partial charge in [0.15, 0.2) is 0 Å². The number of thioether (sulfide) groups is 1. The Kier molecular flexibility index (Phi) is 5.59. The highest BCUT2D eigenvalue weighted by Gasteiger charge is 2.16. The first kappa shape index (κ1) is 16.7. The Morgan fingerprint density at radius 3 is 2.46 bits per heavy atom. The molecule has 3 nitrogen and oxygen atoms in total. The molecule has 0 atom stereocenters. The van der Waals surface area contributed by atoms with Crippen molar-refractivity contribution in [3.05, 3.63) is 71.3 Å². The lowest BCUT2D eigenvalue weighted by Crippen LogP contribution is -2.08. The molecule has 0 N–H and O–H groups in total. The number of hydrogen-bond donors (Lipinski definition) is 0. The minimum atomic E-state index is 0.217. The summed E-state index contributed by atoms with van der Waals surface area (Å²) in [6.07, 6.45) is 2.23. The van der Waals surface area contributed by atoms with Crippen LogP contribution in [0.1, 0.15) is 30.0 Å². The highest BCUT2D eigenvalue weighted by Crippen LogP contribution is 2.19. The van der Waals surface area contributed by atoms with Gasteiger partial charge in [-0.25, -0.2) is 0 Å². The Hall–Kier alpha value is -2.20. The fourth-order valence-electron chi connectivity index (χ4n) is 2.54. The summed E-state index contributed by atoms with van der Waals surface area (Å²) < 4.78 is 0. The molecule has 0 radical (unpaired) electrons.